The van der Waals surface area contributed by atoms with E-state index in [2.05, 4.69) is 10.1 Å². The fourth-order valence-electron chi connectivity index (χ4n) is 0.746. The van der Waals surface area contributed by atoms with Gasteiger partial charge in [0.25, 0.3) is 0 Å². The number of nitrogens with two attached hydrogens (primary N) is 1. The second-order valence-corrected chi connectivity index (χ2v) is 3.19. The second-order valence-electron chi connectivity index (χ2n) is 2.57. The van der Waals surface area contributed by atoms with Gasteiger partial charge in [0.1, 0.15) is 0 Å². The Labute approximate surface area is 93.8 Å². The van der Waals surface area contributed by atoms with Gasteiger partial charge < -0.3 is 5.73 Å². The van der Waals surface area contributed by atoms with Crippen LogP contribution in [-0.2, 0) is 10.5 Å². The molecule has 0 radical (unpaired) electrons. The predicted octanol–water partition coefficient (Wildman–Crippen LogP) is 1.02. The van der Waals surface area contributed by atoms with Gasteiger partial charge in [-0.25, -0.2) is 4.79 Å². The van der Waals surface area contributed by atoms with Crippen molar-refractivity contribution < 1.29 is 18.0 Å². The fraction of sp³-hybridized carbons (Fsp3) is 0.111. The molecule has 0 aliphatic rings. The molecule has 0 fully saturated rings. The minimum Gasteiger partial charge on any atom is -0.349 e. The van der Waals surface area contributed by atoms with Crippen molar-refractivity contribution in [2.24, 2.45) is 10.1 Å². The number of carbonyl (C=O) groups excluding carboxylic acids is 2. The highest BCUT2D eigenvalue weighted by molar-refractivity contribution is 7.62. The van der Waals surface area contributed by atoms with Crippen LogP contribution in [0.5, 0.6) is 0 Å². The molecule has 16 heavy (non-hydrogen) atoms. The monoisotopic (exact) mass is 242 g/mol. The maximum absolute atomic E-state index is 10.6. The van der Waals surface area contributed by atoms with Crippen molar-refractivity contribution >= 4 is 22.3 Å². The first-order chi connectivity index (χ1) is 7.43. The van der Waals surface area contributed by atoms with Gasteiger partial charge in [0.05, 0.1) is 0 Å². The van der Waals surface area contributed by atoms with Crippen LogP contribution in [0.1, 0.15) is 17.3 Å². The maximum atomic E-state index is 10.6. The molecule has 0 aromatic heterocycles. The number of urea groups is 1. The summed E-state index contributed by atoms with van der Waals surface area (Å²) in [6.45, 7) is 1.56. The van der Waals surface area contributed by atoms with Crippen LogP contribution in [0.2, 0.25) is 0 Å². The molecule has 0 aliphatic carbocycles. The van der Waals surface area contributed by atoms with Crippen LogP contribution in [0.3, 0.4) is 0 Å². The van der Waals surface area contributed by atoms with Crippen LogP contribution >= 0.6 is 0 Å². The second kappa shape index (κ2) is 7.30. The number of nitrogens with zero attached hydrogens (tertiary/aromatic N) is 1. The Hall–Kier alpha value is -2.02. The highest BCUT2D eigenvalue weighted by atomic mass is 32.2. The summed E-state index contributed by atoms with van der Waals surface area (Å²) in [5, 5.41) is 0. The number of primary amides is 1. The molecule has 0 spiro atoms. The number of hydrogen-bond acceptors (Lipinski definition) is 4. The number of amides is 2. The molecular formula is C9H10N2O4S. The minimum atomic E-state index is -2.70. The lowest BCUT2D eigenvalue weighted by Gasteiger charge is -1.89. The molecule has 7 heteroatoms. The molecule has 2 N–H and O–H groups in total. The average Bonchev–Trinajstić information content (AvgIpc) is 2.17. The van der Waals surface area contributed by atoms with E-state index in [1.54, 1.807) is 6.92 Å². The fourth-order valence-corrected chi connectivity index (χ4v) is 0.893. The Bertz CT molecular complexity index is 486. The van der Waals surface area contributed by atoms with Crippen molar-refractivity contribution in [1.82, 2.24) is 0 Å². The van der Waals surface area contributed by atoms with E-state index >= 15 is 0 Å². The molecule has 0 saturated heterocycles. The third-order valence-corrected chi connectivity index (χ3v) is 1.67. The summed E-state index contributed by atoms with van der Waals surface area (Å²) < 4.78 is 21.0. The lowest BCUT2D eigenvalue weighted by atomic mass is 10.2. The van der Waals surface area contributed by atoms with Crippen LogP contribution in [-0.4, -0.2) is 20.2 Å². The molecule has 6 nitrogen and oxygen atoms in total. The van der Waals surface area contributed by atoms with Gasteiger partial charge >= 0.3 is 16.5 Å². The summed E-state index contributed by atoms with van der Waals surface area (Å²) in [5.74, 6) is 0.121. The maximum Gasteiger partial charge on any atom is 0.353 e. The molecule has 1 aromatic carbocycles. The van der Waals surface area contributed by atoms with E-state index < -0.39 is 16.5 Å². The van der Waals surface area contributed by atoms with Crippen molar-refractivity contribution in [2.75, 3.05) is 0 Å². The van der Waals surface area contributed by atoms with Crippen LogP contribution in [0, 0.1) is 0 Å². The highest BCUT2D eigenvalue weighted by Gasteiger charge is 1.92. The summed E-state index contributed by atoms with van der Waals surface area (Å²) in [7, 11) is -2.70. The molecule has 2 amide bonds. The van der Waals surface area contributed by atoms with Gasteiger partial charge in [-0.3, -0.25) is 4.79 Å². The molecule has 86 valence electrons. The lowest BCUT2D eigenvalue weighted by Crippen LogP contribution is -2.02. The van der Waals surface area contributed by atoms with Gasteiger partial charge in [-0.05, 0) is 6.92 Å². The zero-order valence-electron chi connectivity index (χ0n) is 8.45. The largest absolute Gasteiger partial charge is 0.353 e. The normalized spacial score (nSPS) is 8.31. The zero-order chi connectivity index (χ0) is 12.6. The zero-order valence-corrected chi connectivity index (χ0v) is 9.27. The van der Waals surface area contributed by atoms with Gasteiger partial charge in [0, 0.05) is 5.56 Å². The number of hydrogen-bond donors (Lipinski definition) is 1. The number of ketones is 1. The topological polar surface area (TPSA) is 107 Å². The molecule has 1 rings (SSSR count). The minimum absolute atomic E-state index is 0.121. The van der Waals surface area contributed by atoms with Crippen LogP contribution < -0.4 is 5.73 Å². The van der Waals surface area contributed by atoms with E-state index in [0.717, 1.165) is 5.56 Å². The summed E-state index contributed by atoms with van der Waals surface area (Å²) in [6.07, 6.45) is 0. The summed E-state index contributed by atoms with van der Waals surface area (Å²) in [5.41, 5.74) is 5.07. The Balaban J connectivity index is 0.000000293. The summed E-state index contributed by atoms with van der Waals surface area (Å²) in [4.78, 5) is 20.1. The number of carbonyl (C=O) groups is 2. The van der Waals surface area contributed by atoms with Crippen LogP contribution in [0.15, 0.2) is 34.7 Å². The SMILES string of the molecule is CC(=O)c1ccccc1.NC(=O)N=S(=O)=O. The molecule has 0 atom stereocenters. The van der Waals surface area contributed by atoms with Crippen LogP contribution in [0.25, 0.3) is 0 Å². The summed E-state index contributed by atoms with van der Waals surface area (Å²) >= 11 is 0. The first-order valence-electron chi connectivity index (χ1n) is 4.10. The van der Waals surface area contributed by atoms with Gasteiger partial charge in [0.15, 0.2) is 5.78 Å². The molecular weight excluding hydrogens is 232 g/mol. The van der Waals surface area contributed by atoms with E-state index in [1.807, 2.05) is 30.3 Å². The van der Waals surface area contributed by atoms with Crippen molar-refractivity contribution in [1.29, 1.82) is 0 Å². The van der Waals surface area contributed by atoms with Crippen LogP contribution in [0.4, 0.5) is 4.79 Å². The van der Waals surface area contributed by atoms with Crippen molar-refractivity contribution in [2.45, 2.75) is 6.92 Å². The Morgan fingerprint density at radius 3 is 1.88 bits per heavy atom. The summed E-state index contributed by atoms with van der Waals surface area (Å²) in [6, 6.07) is 8.03. The Morgan fingerprint density at radius 2 is 1.69 bits per heavy atom. The van der Waals surface area contributed by atoms with Gasteiger partial charge in [-0.2, -0.15) is 8.42 Å². The average molecular weight is 242 g/mol. The molecule has 0 saturated carbocycles. The molecule has 0 bridgehead atoms. The first kappa shape index (κ1) is 14.0. The molecule has 0 unspecified atom stereocenters. The van der Waals surface area contributed by atoms with Crippen molar-refractivity contribution in [3.63, 3.8) is 0 Å². The van der Waals surface area contributed by atoms with Gasteiger partial charge in [-0.15, -0.1) is 0 Å². The molecule has 0 aliphatic heterocycles. The quantitative estimate of drug-likeness (QED) is 0.741. The van der Waals surface area contributed by atoms with Gasteiger partial charge in [0.2, 0.25) is 0 Å². The smallest absolute Gasteiger partial charge is 0.349 e. The number of benzene rings is 1. The van der Waals surface area contributed by atoms with E-state index in [9.17, 15) is 18.0 Å². The van der Waals surface area contributed by atoms with E-state index in [1.165, 1.54) is 0 Å². The first-order valence-corrected chi connectivity index (χ1v) is 5.13. The Morgan fingerprint density at radius 1 is 1.19 bits per heavy atom. The third kappa shape index (κ3) is 7.39. The van der Waals surface area contributed by atoms with Crippen molar-refractivity contribution in [3.8, 4) is 0 Å². The number of rotatable bonds is 1. The van der Waals surface area contributed by atoms with Crippen molar-refractivity contribution in [3.05, 3.63) is 35.9 Å². The van der Waals surface area contributed by atoms with E-state index in [-0.39, 0.29) is 5.78 Å². The standard InChI is InChI=1S/C8H8O.CH2N2O3S/c1-7(9)8-5-3-2-4-6-8;2-1(4)3-7(5)6/h2-6H,1H3;(H2,2,4). The van der Waals surface area contributed by atoms with E-state index in [4.69, 9.17) is 0 Å². The van der Waals surface area contributed by atoms with Gasteiger partial charge in [-0.1, -0.05) is 34.7 Å². The third-order valence-electron chi connectivity index (χ3n) is 1.34. The lowest BCUT2D eigenvalue weighted by molar-refractivity contribution is 0.101. The van der Waals surface area contributed by atoms with E-state index in [0.29, 0.717) is 0 Å². The Kier molecular flexibility index (Phi) is 6.37. The molecule has 0 heterocycles. The molecule has 1 aromatic rings. The number of Topliss-reactive ketones (excluding diaryl/α,β-unsaturated/α-hetero) is 1. The highest BCUT2D eigenvalue weighted by Crippen LogP contribution is 1.97. The predicted molar refractivity (Wildman–Crippen MR) is 57.4 cm³/mol.